The Balaban J connectivity index is 2.22. The molecule has 0 bridgehead atoms. The number of amides is 1. The first kappa shape index (κ1) is 17.0. The Labute approximate surface area is 136 Å². The molecule has 2 rings (SSSR count). The van der Waals surface area contributed by atoms with Gasteiger partial charge in [0.15, 0.2) is 0 Å². The Kier molecular flexibility index (Phi) is 5.05. The van der Waals surface area contributed by atoms with Crippen molar-refractivity contribution in [3.8, 4) is 11.1 Å². The van der Waals surface area contributed by atoms with E-state index in [-0.39, 0.29) is 6.61 Å². The second kappa shape index (κ2) is 6.83. The molecule has 0 atom stereocenters. The summed E-state index contributed by atoms with van der Waals surface area (Å²) in [6, 6.07) is 9.71. The molecule has 0 aliphatic carbocycles. The molecule has 1 aromatic carbocycles. The van der Waals surface area contributed by atoms with Crippen LogP contribution in [-0.2, 0) is 13.2 Å². The van der Waals surface area contributed by atoms with Crippen molar-refractivity contribution in [1.29, 1.82) is 0 Å². The van der Waals surface area contributed by atoms with Gasteiger partial charge >= 0.3 is 6.09 Å². The fraction of sp³-hybridized carbons (Fsp3) is 0.412. The highest BCUT2D eigenvalue weighted by Gasteiger charge is 2.26. The van der Waals surface area contributed by atoms with Crippen molar-refractivity contribution in [2.45, 2.75) is 39.5 Å². The predicted octanol–water partition coefficient (Wildman–Crippen LogP) is 2.82. The third-order valence-electron chi connectivity index (χ3n) is 3.76. The van der Waals surface area contributed by atoms with Crippen LogP contribution in [0.3, 0.4) is 0 Å². The Morgan fingerprint density at radius 1 is 1.26 bits per heavy atom. The third kappa shape index (κ3) is 3.90. The molecule has 0 aliphatic heterocycles. The van der Waals surface area contributed by atoms with Crippen molar-refractivity contribution in [2.75, 3.05) is 6.54 Å². The summed E-state index contributed by atoms with van der Waals surface area (Å²) in [5.41, 5.74) is 2.05. The molecule has 2 aromatic rings. The van der Waals surface area contributed by atoms with Crippen LogP contribution in [0.1, 0.15) is 26.5 Å². The number of hydrogen-bond acceptors (Lipinski definition) is 3. The Bertz CT molecular complexity index is 659. The van der Waals surface area contributed by atoms with Crippen molar-refractivity contribution in [3.05, 3.63) is 42.2 Å². The van der Waals surface area contributed by atoms with Gasteiger partial charge in [-0.05, 0) is 26.3 Å². The van der Waals surface area contributed by atoms with Crippen LogP contribution < -0.4 is 0 Å². The predicted molar refractivity (Wildman–Crippen MR) is 88.1 cm³/mol. The van der Waals surface area contributed by atoms with E-state index in [2.05, 4.69) is 5.10 Å². The van der Waals surface area contributed by atoms with Gasteiger partial charge in [-0.25, -0.2) is 4.79 Å². The minimum Gasteiger partial charge on any atom is -0.465 e. The summed E-state index contributed by atoms with van der Waals surface area (Å²) in [4.78, 5) is 12.8. The molecule has 6 nitrogen and oxygen atoms in total. The van der Waals surface area contributed by atoms with E-state index in [0.29, 0.717) is 18.8 Å². The molecule has 1 amide bonds. The number of rotatable bonds is 5. The molecular formula is C17H23N3O3. The summed E-state index contributed by atoms with van der Waals surface area (Å²) >= 11 is 0. The molecule has 6 heteroatoms. The lowest BCUT2D eigenvalue weighted by atomic mass is 10.1. The number of benzene rings is 1. The lowest BCUT2D eigenvalue weighted by Gasteiger charge is -2.33. The zero-order valence-electron chi connectivity index (χ0n) is 13.7. The molecular weight excluding hydrogens is 294 g/mol. The SMILES string of the molecule is CC(C)(C)N(CCn1ncc(-c2ccccc2)c1CO)C(=O)O. The maximum absolute atomic E-state index is 11.4. The highest BCUT2D eigenvalue weighted by atomic mass is 16.4. The Morgan fingerprint density at radius 2 is 1.91 bits per heavy atom. The molecule has 0 unspecified atom stereocenters. The lowest BCUT2D eigenvalue weighted by molar-refractivity contribution is 0.0966. The van der Waals surface area contributed by atoms with E-state index in [1.165, 1.54) is 4.90 Å². The summed E-state index contributed by atoms with van der Waals surface area (Å²) < 4.78 is 1.67. The van der Waals surface area contributed by atoms with Gasteiger partial charge in [0.05, 0.1) is 25.0 Å². The van der Waals surface area contributed by atoms with Crippen molar-refractivity contribution in [1.82, 2.24) is 14.7 Å². The average Bonchev–Trinajstić information content (AvgIpc) is 2.89. The lowest BCUT2D eigenvalue weighted by Crippen LogP contribution is -2.46. The smallest absolute Gasteiger partial charge is 0.407 e. The standard InChI is InChI=1S/C17H23N3O3/c1-17(2,3)19(16(22)23)9-10-20-15(12-21)14(11-18-20)13-7-5-4-6-8-13/h4-8,11,21H,9-10,12H2,1-3H3,(H,22,23). The minimum absolute atomic E-state index is 0.146. The van der Waals surface area contributed by atoms with Crippen LogP contribution in [0, 0.1) is 0 Å². The highest BCUT2D eigenvalue weighted by molar-refractivity contribution is 5.66. The van der Waals surface area contributed by atoms with E-state index in [1.54, 1.807) is 10.9 Å². The molecule has 124 valence electrons. The maximum Gasteiger partial charge on any atom is 0.407 e. The number of nitrogens with zero attached hydrogens (tertiary/aromatic N) is 3. The van der Waals surface area contributed by atoms with Gasteiger partial charge < -0.3 is 15.1 Å². The second-order valence-corrected chi connectivity index (χ2v) is 6.36. The summed E-state index contributed by atoms with van der Waals surface area (Å²) in [7, 11) is 0. The zero-order chi connectivity index (χ0) is 17.0. The van der Waals surface area contributed by atoms with Gasteiger partial charge in [0.25, 0.3) is 0 Å². The number of aliphatic hydroxyl groups excluding tert-OH is 1. The van der Waals surface area contributed by atoms with E-state index in [9.17, 15) is 15.0 Å². The van der Waals surface area contributed by atoms with Gasteiger partial charge in [-0.1, -0.05) is 30.3 Å². The average molecular weight is 317 g/mol. The fourth-order valence-electron chi connectivity index (χ4n) is 2.54. The van der Waals surface area contributed by atoms with Crippen LogP contribution in [0.25, 0.3) is 11.1 Å². The molecule has 0 spiro atoms. The molecule has 0 radical (unpaired) electrons. The molecule has 0 fully saturated rings. The summed E-state index contributed by atoms with van der Waals surface area (Å²) in [6.45, 7) is 6.12. The topological polar surface area (TPSA) is 78.6 Å². The van der Waals surface area contributed by atoms with Gasteiger partial charge in [0.1, 0.15) is 0 Å². The first-order valence-corrected chi connectivity index (χ1v) is 7.56. The van der Waals surface area contributed by atoms with Crippen molar-refractivity contribution < 1.29 is 15.0 Å². The number of carboxylic acid groups (broad SMARTS) is 1. The molecule has 0 saturated heterocycles. The number of carbonyl (C=O) groups is 1. The maximum atomic E-state index is 11.4. The van der Waals surface area contributed by atoms with E-state index in [4.69, 9.17) is 0 Å². The molecule has 1 aromatic heterocycles. The van der Waals surface area contributed by atoms with Crippen LogP contribution in [0.5, 0.6) is 0 Å². The highest BCUT2D eigenvalue weighted by Crippen LogP contribution is 2.23. The van der Waals surface area contributed by atoms with Crippen LogP contribution >= 0.6 is 0 Å². The third-order valence-corrected chi connectivity index (χ3v) is 3.76. The summed E-state index contributed by atoms with van der Waals surface area (Å²) in [5, 5.41) is 23.4. The van der Waals surface area contributed by atoms with Crippen molar-refractivity contribution in [3.63, 3.8) is 0 Å². The second-order valence-electron chi connectivity index (χ2n) is 6.36. The van der Waals surface area contributed by atoms with E-state index >= 15 is 0 Å². The first-order valence-electron chi connectivity index (χ1n) is 7.56. The van der Waals surface area contributed by atoms with Gasteiger partial charge in [-0.15, -0.1) is 0 Å². The Hall–Kier alpha value is -2.34. The monoisotopic (exact) mass is 317 g/mol. The number of hydrogen-bond donors (Lipinski definition) is 2. The van der Waals surface area contributed by atoms with Crippen LogP contribution in [0.15, 0.2) is 36.5 Å². The van der Waals surface area contributed by atoms with Crippen LogP contribution in [0.2, 0.25) is 0 Å². The molecule has 0 saturated carbocycles. The van der Waals surface area contributed by atoms with E-state index < -0.39 is 11.6 Å². The molecule has 2 N–H and O–H groups in total. The van der Waals surface area contributed by atoms with Gasteiger partial charge in [-0.2, -0.15) is 5.10 Å². The van der Waals surface area contributed by atoms with E-state index in [0.717, 1.165) is 11.1 Å². The fourth-order valence-corrected chi connectivity index (χ4v) is 2.54. The van der Waals surface area contributed by atoms with Crippen molar-refractivity contribution in [2.24, 2.45) is 0 Å². The Morgan fingerprint density at radius 3 is 2.43 bits per heavy atom. The number of aliphatic hydroxyl groups is 1. The summed E-state index contributed by atoms with van der Waals surface area (Å²) in [5.74, 6) is 0. The molecule has 1 heterocycles. The summed E-state index contributed by atoms with van der Waals surface area (Å²) in [6.07, 6.45) is 0.752. The van der Waals surface area contributed by atoms with Crippen LogP contribution in [-0.4, -0.2) is 43.1 Å². The molecule has 23 heavy (non-hydrogen) atoms. The van der Waals surface area contributed by atoms with Gasteiger partial charge in [-0.3, -0.25) is 4.68 Å². The number of aromatic nitrogens is 2. The van der Waals surface area contributed by atoms with Gasteiger partial charge in [0, 0.05) is 17.6 Å². The molecule has 0 aliphatic rings. The first-order chi connectivity index (χ1) is 10.8. The minimum atomic E-state index is -0.960. The zero-order valence-corrected chi connectivity index (χ0v) is 13.7. The van der Waals surface area contributed by atoms with Crippen molar-refractivity contribution >= 4 is 6.09 Å². The van der Waals surface area contributed by atoms with Crippen LogP contribution in [0.4, 0.5) is 4.79 Å². The van der Waals surface area contributed by atoms with Gasteiger partial charge in [0.2, 0.25) is 0 Å². The normalized spacial score (nSPS) is 11.5. The quantitative estimate of drug-likeness (QED) is 0.889. The van der Waals surface area contributed by atoms with E-state index in [1.807, 2.05) is 51.1 Å². The largest absolute Gasteiger partial charge is 0.465 e.